The predicted octanol–water partition coefficient (Wildman–Crippen LogP) is 0.396. The number of oxime groups is 1. The second-order valence-electron chi connectivity index (χ2n) is 5.20. The van der Waals surface area contributed by atoms with Crippen molar-refractivity contribution in [3.8, 4) is 0 Å². The Morgan fingerprint density at radius 2 is 2.06 bits per heavy atom. The molecule has 102 valence electrons. The van der Waals surface area contributed by atoms with E-state index in [1.165, 1.54) is 0 Å². The Kier molecular flexibility index (Phi) is 4.06. The Morgan fingerprint density at radius 3 is 2.56 bits per heavy atom. The fraction of sp³-hybridized carbons (Fsp3) is 0.833. The summed E-state index contributed by atoms with van der Waals surface area (Å²) in [5.41, 5.74) is 5.59. The zero-order chi connectivity index (χ0) is 13.1. The molecule has 18 heavy (non-hydrogen) atoms. The van der Waals surface area contributed by atoms with Crippen molar-refractivity contribution in [1.29, 1.82) is 0 Å². The van der Waals surface area contributed by atoms with Crippen LogP contribution in [-0.4, -0.2) is 47.7 Å². The van der Waals surface area contributed by atoms with Gasteiger partial charge in [0.25, 0.3) is 0 Å². The normalized spacial score (nSPS) is 30.7. The maximum absolute atomic E-state index is 12.2. The number of piperidine rings is 1. The number of nitrogens with zero attached hydrogens (tertiary/aromatic N) is 2. The number of nitrogens with two attached hydrogens (primary N) is 1. The average molecular weight is 255 g/mol. The second kappa shape index (κ2) is 5.56. The smallest absolute Gasteiger partial charge is 0.228 e. The molecule has 2 rings (SSSR count). The lowest BCUT2D eigenvalue weighted by atomic mass is 9.94. The van der Waals surface area contributed by atoms with E-state index < -0.39 is 0 Å². The summed E-state index contributed by atoms with van der Waals surface area (Å²) in [6, 6.07) is 0. The van der Waals surface area contributed by atoms with Crippen molar-refractivity contribution in [1.82, 2.24) is 4.90 Å². The predicted molar refractivity (Wildman–Crippen MR) is 66.2 cm³/mol. The number of ether oxygens (including phenoxy) is 1. The van der Waals surface area contributed by atoms with Crippen LogP contribution in [0.3, 0.4) is 0 Å². The van der Waals surface area contributed by atoms with Crippen LogP contribution in [-0.2, 0) is 9.53 Å². The highest BCUT2D eigenvalue weighted by Gasteiger charge is 2.33. The molecular formula is C12H21N3O3. The molecule has 2 saturated heterocycles. The van der Waals surface area contributed by atoms with Crippen molar-refractivity contribution in [3.63, 3.8) is 0 Å². The van der Waals surface area contributed by atoms with E-state index in [0.717, 1.165) is 19.3 Å². The zero-order valence-corrected chi connectivity index (χ0v) is 10.7. The van der Waals surface area contributed by atoms with Crippen molar-refractivity contribution >= 4 is 11.7 Å². The minimum Gasteiger partial charge on any atom is -0.409 e. The number of amidine groups is 1. The van der Waals surface area contributed by atoms with Gasteiger partial charge in [0.05, 0.1) is 18.6 Å². The fourth-order valence-electron chi connectivity index (χ4n) is 2.72. The first-order valence-electron chi connectivity index (χ1n) is 6.49. The van der Waals surface area contributed by atoms with E-state index in [-0.39, 0.29) is 29.7 Å². The largest absolute Gasteiger partial charge is 0.409 e. The van der Waals surface area contributed by atoms with E-state index in [1.807, 2.05) is 11.8 Å². The highest BCUT2D eigenvalue weighted by molar-refractivity contribution is 5.83. The molecule has 0 aromatic rings. The van der Waals surface area contributed by atoms with Gasteiger partial charge in [-0.2, -0.15) is 0 Å². The van der Waals surface area contributed by atoms with Gasteiger partial charge in [0.15, 0.2) is 0 Å². The van der Waals surface area contributed by atoms with Gasteiger partial charge in [-0.1, -0.05) is 5.16 Å². The molecule has 6 heteroatoms. The van der Waals surface area contributed by atoms with Crippen LogP contribution in [0.15, 0.2) is 5.16 Å². The molecule has 2 aliphatic heterocycles. The molecule has 2 aliphatic rings. The maximum atomic E-state index is 12.2. The van der Waals surface area contributed by atoms with Gasteiger partial charge in [-0.3, -0.25) is 4.79 Å². The molecule has 2 unspecified atom stereocenters. The maximum Gasteiger partial charge on any atom is 0.228 e. The van der Waals surface area contributed by atoms with Crippen LogP contribution >= 0.6 is 0 Å². The summed E-state index contributed by atoms with van der Waals surface area (Å²) >= 11 is 0. The third kappa shape index (κ3) is 2.75. The van der Waals surface area contributed by atoms with E-state index in [0.29, 0.717) is 19.7 Å². The minimum absolute atomic E-state index is 0.0143. The van der Waals surface area contributed by atoms with Gasteiger partial charge in [-0.15, -0.1) is 0 Å². The first kappa shape index (κ1) is 13.1. The van der Waals surface area contributed by atoms with Crippen LogP contribution in [0, 0.1) is 11.8 Å². The van der Waals surface area contributed by atoms with Gasteiger partial charge in [-0.05, 0) is 26.2 Å². The Balaban J connectivity index is 1.84. The van der Waals surface area contributed by atoms with Crippen molar-refractivity contribution in [2.24, 2.45) is 22.7 Å². The molecule has 0 saturated carbocycles. The fourth-order valence-corrected chi connectivity index (χ4v) is 2.72. The van der Waals surface area contributed by atoms with E-state index in [1.54, 1.807) is 0 Å². The summed E-state index contributed by atoms with van der Waals surface area (Å²) < 4.78 is 5.43. The molecule has 2 atom stereocenters. The van der Waals surface area contributed by atoms with Crippen LogP contribution in [0.4, 0.5) is 0 Å². The lowest BCUT2D eigenvalue weighted by Gasteiger charge is -2.32. The van der Waals surface area contributed by atoms with Crippen molar-refractivity contribution < 1.29 is 14.7 Å². The van der Waals surface area contributed by atoms with Crippen LogP contribution < -0.4 is 5.73 Å². The summed E-state index contributed by atoms with van der Waals surface area (Å²) in [6.07, 6.45) is 2.54. The molecule has 0 aromatic heterocycles. The Morgan fingerprint density at radius 1 is 1.39 bits per heavy atom. The van der Waals surface area contributed by atoms with Crippen molar-refractivity contribution in [2.75, 3.05) is 19.7 Å². The molecule has 6 nitrogen and oxygen atoms in total. The first-order chi connectivity index (χ1) is 8.61. The molecule has 1 amide bonds. The minimum atomic E-state index is 0.0143. The molecule has 0 bridgehead atoms. The van der Waals surface area contributed by atoms with Crippen LogP contribution in [0.25, 0.3) is 0 Å². The van der Waals surface area contributed by atoms with Gasteiger partial charge >= 0.3 is 0 Å². The number of rotatable bonds is 2. The van der Waals surface area contributed by atoms with Crippen LogP contribution in [0.5, 0.6) is 0 Å². The summed E-state index contributed by atoms with van der Waals surface area (Å²) in [5.74, 6) is 0.579. The van der Waals surface area contributed by atoms with E-state index in [2.05, 4.69) is 5.16 Å². The molecular weight excluding hydrogens is 234 g/mol. The molecule has 3 N–H and O–H groups in total. The van der Waals surface area contributed by atoms with Crippen LogP contribution in [0.2, 0.25) is 0 Å². The number of amides is 1. The second-order valence-corrected chi connectivity index (χ2v) is 5.20. The monoisotopic (exact) mass is 255 g/mol. The quantitative estimate of drug-likeness (QED) is 0.323. The highest BCUT2D eigenvalue weighted by atomic mass is 16.5. The Labute approximate surface area is 107 Å². The van der Waals surface area contributed by atoms with Crippen LogP contribution in [0.1, 0.15) is 26.2 Å². The summed E-state index contributed by atoms with van der Waals surface area (Å²) in [4.78, 5) is 14.1. The summed E-state index contributed by atoms with van der Waals surface area (Å²) in [5, 5.41) is 11.7. The SMILES string of the molecule is CC1CC(C(=O)N2CCC(C(N)=NO)CC2)CO1. The molecule has 2 fully saturated rings. The molecule has 0 radical (unpaired) electrons. The molecule has 0 aliphatic carbocycles. The standard InChI is InChI=1S/C12H21N3O3/c1-8-6-10(7-18-8)12(16)15-4-2-9(3-5-15)11(13)14-17/h8-10,17H,2-7H2,1H3,(H2,13,14). The van der Waals surface area contributed by atoms with Crippen molar-refractivity contribution in [2.45, 2.75) is 32.3 Å². The van der Waals surface area contributed by atoms with Gasteiger partial charge < -0.3 is 20.6 Å². The van der Waals surface area contributed by atoms with Gasteiger partial charge in [0.1, 0.15) is 5.84 Å². The number of carbonyl (C=O) groups is 1. The topological polar surface area (TPSA) is 88.2 Å². The third-order valence-corrected chi connectivity index (χ3v) is 3.89. The number of likely N-dealkylation sites (tertiary alicyclic amines) is 1. The van der Waals surface area contributed by atoms with Crippen molar-refractivity contribution in [3.05, 3.63) is 0 Å². The molecule has 2 heterocycles. The first-order valence-corrected chi connectivity index (χ1v) is 6.49. The Hall–Kier alpha value is -1.30. The lowest BCUT2D eigenvalue weighted by Crippen LogP contribution is -2.44. The third-order valence-electron chi connectivity index (χ3n) is 3.89. The van der Waals surface area contributed by atoms with Gasteiger partial charge in [0.2, 0.25) is 5.91 Å². The van der Waals surface area contributed by atoms with E-state index in [9.17, 15) is 4.79 Å². The lowest BCUT2D eigenvalue weighted by molar-refractivity contribution is -0.136. The number of carbonyl (C=O) groups excluding carboxylic acids is 1. The molecule has 0 aromatic carbocycles. The Bertz CT molecular complexity index is 337. The number of hydrogen-bond donors (Lipinski definition) is 2. The van der Waals surface area contributed by atoms with Gasteiger partial charge in [0, 0.05) is 19.0 Å². The highest BCUT2D eigenvalue weighted by Crippen LogP contribution is 2.24. The summed E-state index contributed by atoms with van der Waals surface area (Å²) in [6.45, 7) is 3.91. The summed E-state index contributed by atoms with van der Waals surface area (Å²) in [7, 11) is 0. The average Bonchev–Trinajstić information content (AvgIpc) is 2.84. The van der Waals surface area contributed by atoms with E-state index >= 15 is 0 Å². The number of hydrogen-bond acceptors (Lipinski definition) is 4. The van der Waals surface area contributed by atoms with E-state index in [4.69, 9.17) is 15.7 Å². The zero-order valence-electron chi connectivity index (χ0n) is 10.7. The van der Waals surface area contributed by atoms with Gasteiger partial charge in [-0.25, -0.2) is 0 Å². The molecule has 0 spiro atoms.